The Morgan fingerprint density at radius 1 is 1.21 bits per heavy atom. The number of alkyl halides is 3. The van der Waals surface area contributed by atoms with Crippen molar-refractivity contribution < 1.29 is 32.4 Å². The maximum atomic E-state index is 12.6. The predicted octanol–water partition coefficient (Wildman–Crippen LogP) is 4.46. The van der Waals surface area contributed by atoms with Gasteiger partial charge in [-0.25, -0.2) is 4.79 Å². The van der Waals surface area contributed by atoms with E-state index in [1.165, 1.54) is 24.3 Å². The van der Waals surface area contributed by atoms with Crippen molar-refractivity contribution in [2.45, 2.75) is 6.18 Å². The summed E-state index contributed by atoms with van der Waals surface area (Å²) in [5.41, 5.74) is -1.09. The van der Waals surface area contributed by atoms with E-state index in [-0.39, 0.29) is 16.3 Å². The first-order chi connectivity index (χ1) is 13.6. The summed E-state index contributed by atoms with van der Waals surface area (Å²) in [6, 6.07) is 7.87. The largest absolute Gasteiger partial charge is 0.452 e. The van der Waals surface area contributed by atoms with Crippen LogP contribution >= 0.6 is 11.6 Å². The van der Waals surface area contributed by atoms with Crippen molar-refractivity contribution >= 4 is 40.9 Å². The molecule has 11 heteroatoms. The van der Waals surface area contributed by atoms with Gasteiger partial charge < -0.3 is 10.1 Å². The summed E-state index contributed by atoms with van der Waals surface area (Å²) in [5.74, 6) is -1.73. The van der Waals surface area contributed by atoms with Gasteiger partial charge in [0.2, 0.25) is 0 Å². The number of nitrogens with one attached hydrogen (secondary N) is 1. The van der Waals surface area contributed by atoms with Crippen molar-refractivity contribution in [3.63, 3.8) is 0 Å². The van der Waals surface area contributed by atoms with E-state index in [0.29, 0.717) is 0 Å². The van der Waals surface area contributed by atoms with E-state index in [1.54, 1.807) is 0 Å². The fourth-order valence-corrected chi connectivity index (χ4v) is 2.28. The number of esters is 1. The summed E-state index contributed by atoms with van der Waals surface area (Å²) in [5, 5.41) is 13.0. The van der Waals surface area contributed by atoms with Crippen LogP contribution in [0, 0.1) is 10.1 Å². The van der Waals surface area contributed by atoms with Gasteiger partial charge in [0.15, 0.2) is 6.61 Å². The third-order valence-corrected chi connectivity index (χ3v) is 3.72. The fraction of sp³-hybridized carbons (Fsp3) is 0.111. The molecule has 0 spiro atoms. The summed E-state index contributed by atoms with van der Waals surface area (Å²) in [6.07, 6.45) is -2.53. The average molecular weight is 429 g/mol. The lowest BCUT2D eigenvalue weighted by atomic mass is 10.1. The minimum Gasteiger partial charge on any atom is -0.452 e. The molecule has 0 fully saturated rings. The van der Waals surface area contributed by atoms with Crippen LogP contribution < -0.4 is 5.32 Å². The molecule has 0 bridgehead atoms. The summed E-state index contributed by atoms with van der Waals surface area (Å²) < 4.78 is 42.6. The molecular weight excluding hydrogens is 417 g/mol. The zero-order valence-corrected chi connectivity index (χ0v) is 15.2. The standard InChI is InChI=1S/C18H12ClF3N2O5/c19-14-6-5-13(9-15(14)24(27)28)23-16(25)10-29-17(26)7-4-11-2-1-3-12(8-11)18(20,21)22/h1-9H,10H2,(H,23,25)/b7-4+. The monoisotopic (exact) mass is 428 g/mol. The van der Waals surface area contributed by atoms with Crippen molar-refractivity contribution in [1.29, 1.82) is 0 Å². The molecule has 2 aromatic carbocycles. The van der Waals surface area contributed by atoms with Gasteiger partial charge in [0.25, 0.3) is 11.6 Å². The van der Waals surface area contributed by atoms with Gasteiger partial charge in [-0.3, -0.25) is 14.9 Å². The van der Waals surface area contributed by atoms with Gasteiger partial charge in [0.05, 0.1) is 10.5 Å². The van der Waals surface area contributed by atoms with Crippen LogP contribution in [0.3, 0.4) is 0 Å². The number of ether oxygens (including phenoxy) is 1. The summed E-state index contributed by atoms with van der Waals surface area (Å²) in [6.45, 7) is -0.706. The van der Waals surface area contributed by atoms with Gasteiger partial charge in [0.1, 0.15) is 5.02 Å². The number of nitro benzene ring substituents is 1. The number of rotatable bonds is 6. The third kappa shape index (κ3) is 6.61. The number of hydrogen-bond donors (Lipinski definition) is 1. The second kappa shape index (κ2) is 9.20. The van der Waals surface area contributed by atoms with Crippen LogP contribution in [0.5, 0.6) is 0 Å². The zero-order chi connectivity index (χ0) is 21.6. The minimum atomic E-state index is -4.51. The average Bonchev–Trinajstić information content (AvgIpc) is 2.65. The first-order valence-electron chi connectivity index (χ1n) is 7.82. The van der Waals surface area contributed by atoms with Gasteiger partial charge in [-0.15, -0.1) is 0 Å². The van der Waals surface area contributed by atoms with Crippen LogP contribution in [-0.4, -0.2) is 23.4 Å². The van der Waals surface area contributed by atoms with Crippen molar-refractivity contribution in [1.82, 2.24) is 0 Å². The molecule has 7 nitrogen and oxygen atoms in total. The molecule has 29 heavy (non-hydrogen) atoms. The number of benzene rings is 2. The molecule has 0 heterocycles. The highest BCUT2D eigenvalue weighted by Gasteiger charge is 2.30. The molecule has 0 radical (unpaired) electrons. The highest BCUT2D eigenvalue weighted by Crippen LogP contribution is 2.30. The van der Waals surface area contributed by atoms with Gasteiger partial charge in [-0.2, -0.15) is 13.2 Å². The first kappa shape index (κ1) is 21.9. The molecule has 2 aromatic rings. The van der Waals surface area contributed by atoms with Crippen molar-refractivity contribution in [2.24, 2.45) is 0 Å². The highest BCUT2D eigenvalue weighted by molar-refractivity contribution is 6.32. The van der Waals surface area contributed by atoms with Crippen molar-refractivity contribution in [2.75, 3.05) is 11.9 Å². The molecule has 0 aliphatic heterocycles. The number of carbonyl (C=O) groups excluding carboxylic acids is 2. The van der Waals surface area contributed by atoms with Crippen LogP contribution in [0.4, 0.5) is 24.5 Å². The number of amides is 1. The first-order valence-corrected chi connectivity index (χ1v) is 8.20. The second-order valence-electron chi connectivity index (χ2n) is 5.54. The molecule has 0 aromatic heterocycles. The molecule has 0 aliphatic rings. The van der Waals surface area contributed by atoms with Crippen molar-refractivity contribution in [3.8, 4) is 0 Å². The summed E-state index contributed by atoms with van der Waals surface area (Å²) in [7, 11) is 0. The van der Waals surface area contributed by atoms with E-state index in [1.807, 2.05) is 0 Å². The normalized spacial score (nSPS) is 11.3. The topological polar surface area (TPSA) is 98.5 Å². The Labute approximate surface area is 166 Å². The Morgan fingerprint density at radius 2 is 1.93 bits per heavy atom. The lowest BCUT2D eigenvalue weighted by molar-refractivity contribution is -0.384. The number of carbonyl (C=O) groups is 2. The second-order valence-corrected chi connectivity index (χ2v) is 5.94. The molecule has 0 unspecified atom stereocenters. The molecule has 0 atom stereocenters. The van der Waals surface area contributed by atoms with Gasteiger partial charge in [-0.1, -0.05) is 23.7 Å². The number of anilines is 1. The Balaban J connectivity index is 1.91. The maximum Gasteiger partial charge on any atom is 0.416 e. The number of nitro groups is 1. The number of halogens is 4. The molecule has 1 N–H and O–H groups in total. The van der Waals surface area contributed by atoms with E-state index >= 15 is 0 Å². The quantitative estimate of drug-likeness (QED) is 0.317. The molecule has 0 saturated carbocycles. The van der Waals surface area contributed by atoms with E-state index in [0.717, 1.165) is 30.4 Å². The molecular formula is C18H12ClF3N2O5. The van der Waals surface area contributed by atoms with E-state index in [2.05, 4.69) is 10.1 Å². The number of hydrogen-bond acceptors (Lipinski definition) is 5. The third-order valence-electron chi connectivity index (χ3n) is 3.40. The SMILES string of the molecule is O=C(COC(=O)/C=C/c1cccc(C(F)(F)F)c1)Nc1ccc(Cl)c([N+](=O)[O-])c1. The van der Waals surface area contributed by atoms with Gasteiger partial charge >= 0.3 is 12.1 Å². The van der Waals surface area contributed by atoms with Crippen LogP contribution in [0.15, 0.2) is 48.5 Å². The smallest absolute Gasteiger partial charge is 0.416 e. The van der Waals surface area contributed by atoms with E-state index < -0.39 is 40.8 Å². The zero-order valence-electron chi connectivity index (χ0n) is 14.4. The molecule has 0 saturated heterocycles. The molecule has 0 aliphatic carbocycles. The van der Waals surface area contributed by atoms with Crippen LogP contribution in [0.25, 0.3) is 6.08 Å². The Bertz CT molecular complexity index is 976. The molecule has 1 amide bonds. The highest BCUT2D eigenvalue weighted by atomic mass is 35.5. The fourth-order valence-electron chi connectivity index (χ4n) is 2.10. The van der Waals surface area contributed by atoms with Crippen molar-refractivity contribution in [3.05, 3.63) is 74.8 Å². The summed E-state index contributed by atoms with van der Waals surface area (Å²) >= 11 is 5.66. The van der Waals surface area contributed by atoms with Gasteiger partial charge in [0, 0.05) is 17.8 Å². The van der Waals surface area contributed by atoms with Gasteiger partial charge in [-0.05, 0) is 35.9 Å². The maximum absolute atomic E-state index is 12.6. The summed E-state index contributed by atoms with van der Waals surface area (Å²) in [4.78, 5) is 33.5. The minimum absolute atomic E-state index is 0.0710. The Kier molecular flexibility index (Phi) is 6.94. The lowest BCUT2D eigenvalue weighted by Crippen LogP contribution is -2.20. The predicted molar refractivity (Wildman–Crippen MR) is 98.2 cm³/mol. The van der Waals surface area contributed by atoms with Crippen LogP contribution in [-0.2, 0) is 20.5 Å². The number of nitrogens with zero attached hydrogens (tertiary/aromatic N) is 1. The van der Waals surface area contributed by atoms with Crippen LogP contribution in [0.1, 0.15) is 11.1 Å². The molecule has 2 rings (SSSR count). The lowest BCUT2D eigenvalue weighted by Gasteiger charge is -2.07. The van der Waals surface area contributed by atoms with Crippen LogP contribution in [0.2, 0.25) is 5.02 Å². The Hall–Kier alpha value is -3.40. The van der Waals surface area contributed by atoms with E-state index in [4.69, 9.17) is 11.6 Å². The van der Waals surface area contributed by atoms with E-state index in [9.17, 15) is 32.9 Å². The Morgan fingerprint density at radius 3 is 2.59 bits per heavy atom. The molecule has 152 valence electrons.